The van der Waals surface area contributed by atoms with Gasteiger partial charge in [0.15, 0.2) is 5.78 Å². The molecule has 0 fully saturated rings. The molecule has 4 heteroatoms. The van der Waals surface area contributed by atoms with Crippen LogP contribution >= 0.6 is 0 Å². The fourth-order valence-electron chi connectivity index (χ4n) is 2.93. The number of hydrogen-bond donors (Lipinski definition) is 1. The molecule has 122 valence electrons. The maximum Gasteiger partial charge on any atom is 0.310 e. The smallest absolute Gasteiger partial charge is 0.310 e. The molecule has 0 aliphatic carbocycles. The molecule has 0 aliphatic heterocycles. The fraction of sp³-hybridized carbons (Fsp3) is 0.200. The van der Waals surface area contributed by atoms with Gasteiger partial charge in [-0.15, -0.1) is 0 Å². The highest BCUT2D eigenvalue weighted by Crippen LogP contribution is 2.32. The van der Waals surface area contributed by atoms with E-state index < -0.39 is 11.9 Å². The van der Waals surface area contributed by atoms with Gasteiger partial charge in [0.2, 0.25) is 0 Å². The molecular formula is C20H18O4. The zero-order valence-electron chi connectivity index (χ0n) is 13.8. The number of aliphatic carboxylic acids is 1. The van der Waals surface area contributed by atoms with Crippen LogP contribution in [-0.4, -0.2) is 16.9 Å². The molecule has 3 aromatic rings. The van der Waals surface area contributed by atoms with E-state index >= 15 is 0 Å². The van der Waals surface area contributed by atoms with Crippen molar-refractivity contribution in [1.29, 1.82) is 0 Å². The minimum absolute atomic E-state index is 0.160. The Bertz CT molecular complexity index is 932. The maximum absolute atomic E-state index is 13.0. The number of ketones is 1. The predicted octanol–water partition coefficient (Wildman–Crippen LogP) is 4.47. The number of carbonyl (C=O) groups excluding carboxylic acids is 1. The third-order valence-corrected chi connectivity index (χ3v) is 4.42. The number of fused-ring (bicyclic) bond motifs is 1. The van der Waals surface area contributed by atoms with Crippen molar-refractivity contribution in [2.45, 2.75) is 26.7 Å². The van der Waals surface area contributed by atoms with Crippen molar-refractivity contribution in [1.82, 2.24) is 0 Å². The zero-order valence-corrected chi connectivity index (χ0v) is 13.8. The Morgan fingerprint density at radius 2 is 1.75 bits per heavy atom. The molecule has 2 aromatic carbocycles. The lowest BCUT2D eigenvalue weighted by atomic mass is 9.88. The van der Waals surface area contributed by atoms with Crippen LogP contribution in [-0.2, 0) is 4.79 Å². The van der Waals surface area contributed by atoms with E-state index in [0.29, 0.717) is 27.8 Å². The molecular weight excluding hydrogens is 304 g/mol. The summed E-state index contributed by atoms with van der Waals surface area (Å²) in [6.45, 7) is 5.36. The number of furan rings is 1. The highest BCUT2D eigenvalue weighted by Gasteiger charge is 2.24. The van der Waals surface area contributed by atoms with Crippen LogP contribution in [0.3, 0.4) is 0 Å². The molecule has 0 amide bonds. The quantitative estimate of drug-likeness (QED) is 0.720. The lowest BCUT2D eigenvalue weighted by Gasteiger charge is -2.15. The fourth-order valence-corrected chi connectivity index (χ4v) is 2.93. The lowest BCUT2D eigenvalue weighted by Crippen LogP contribution is -2.12. The second-order valence-electron chi connectivity index (χ2n) is 6.06. The summed E-state index contributed by atoms with van der Waals surface area (Å²) in [5, 5.41) is 10.1. The van der Waals surface area contributed by atoms with Gasteiger partial charge in [-0.1, -0.05) is 29.8 Å². The van der Waals surface area contributed by atoms with Gasteiger partial charge < -0.3 is 9.52 Å². The van der Waals surface area contributed by atoms with Gasteiger partial charge in [0.1, 0.15) is 5.58 Å². The topological polar surface area (TPSA) is 67.5 Å². The number of benzene rings is 2. The van der Waals surface area contributed by atoms with E-state index in [0.717, 1.165) is 10.9 Å². The molecule has 1 unspecified atom stereocenters. The highest BCUT2D eigenvalue weighted by atomic mass is 16.4. The van der Waals surface area contributed by atoms with E-state index in [2.05, 4.69) is 0 Å². The summed E-state index contributed by atoms with van der Waals surface area (Å²) < 4.78 is 5.52. The van der Waals surface area contributed by atoms with E-state index in [4.69, 9.17) is 4.42 Å². The Morgan fingerprint density at radius 1 is 1.08 bits per heavy atom. The minimum Gasteiger partial charge on any atom is -0.481 e. The SMILES string of the molecule is Cc1ccc(C(=O)c2c(C)c(C(C)C(=O)O)cc3ccoc23)cc1. The van der Waals surface area contributed by atoms with Crippen LogP contribution in [0.2, 0.25) is 0 Å². The first-order chi connectivity index (χ1) is 11.4. The summed E-state index contributed by atoms with van der Waals surface area (Å²) in [5.41, 5.74) is 3.84. The predicted molar refractivity (Wildman–Crippen MR) is 91.6 cm³/mol. The minimum atomic E-state index is -0.922. The number of carboxylic acid groups (broad SMARTS) is 1. The number of carboxylic acids is 1. The molecule has 0 spiro atoms. The van der Waals surface area contributed by atoms with Crippen LogP contribution < -0.4 is 0 Å². The molecule has 3 rings (SSSR count). The van der Waals surface area contributed by atoms with Gasteiger partial charge in [0.25, 0.3) is 0 Å². The number of hydrogen-bond acceptors (Lipinski definition) is 3. The normalized spacial score (nSPS) is 12.3. The molecule has 0 bridgehead atoms. The van der Waals surface area contributed by atoms with Gasteiger partial charge >= 0.3 is 5.97 Å². The Balaban J connectivity index is 2.24. The van der Waals surface area contributed by atoms with Gasteiger partial charge in [0, 0.05) is 10.9 Å². The van der Waals surface area contributed by atoms with Gasteiger partial charge in [0.05, 0.1) is 17.7 Å². The summed E-state index contributed by atoms with van der Waals surface area (Å²) in [5.74, 6) is -1.78. The van der Waals surface area contributed by atoms with Gasteiger partial charge in [-0.05, 0) is 44.0 Å². The average molecular weight is 322 g/mol. The third-order valence-electron chi connectivity index (χ3n) is 4.42. The molecule has 1 atom stereocenters. The molecule has 0 radical (unpaired) electrons. The van der Waals surface area contributed by atoms with E-state index in [-0.39, 0.29) is 5.78 Å². The molecule has 0 saturated carbocycles. The van der Waals surface area contributed by atoms with E-state index in [1.165, 1.54) is 6.26 Å². The highest BCUT2D eigenvalue weighted by molar-refractivity contribution is 6.16. The van der Waals surface area contributed by atoms with Crippen LogP contribution in [0.4, 0.5) is 0 Å². The van der Waals surface area contributed by atoms with Crippen molar-refractivity contribution < 1.29 is 19.1 Å². The van der Waals surface area contributed by atoms with Crippen molar-refractivity contribution in [2.75, 3.05) is 0 Å². The Labute approximate surface area is 139 Å². The van der Waals surface area contributed by atoms with Crippen molar-refractivity contribution in [3.63, 3.8) is 0 Å². The largest absolute Gasteiger partial charge is 0.481 e. The Morgan fingerprint density at radius 3 is 2.38 bits per heavy atom. The Hall–Kier alpha value is -2.88. The first kappa shape index (κ1) is 16.0. The van der Waals surface area contributed by atoms with Crippen molar-refractivity contribution in [2.24, 2.45) is 0 Å². The summed E-state index contributed by atoms with van der Waals surface area (Å²) in [6, 6.07) is 10.9. The maximum atomic E-state index is 13.0. The second kappa shape index (κ2) is 5.96. The molecule has 0 saturated heterocycles. The number of rotatable bonds is 4. The monoisotopic (exact) mass is 322 g/mol. The third kappa shape index (κ3) is 2.60. The average Bonchev–Trinajstić information content (AvgIpc) is 3.01. The van der Waals surface area contributed by atoms with Crippen molar-refractivity contribution in [3.05, 3.63) is 70.5 Å². The standard InChI is InChI=1S/C20H18O4/c1-11-4-6-14(7-5-11)18(21)17-12(2)16(13(3)20(22)23)10-15-8-9-24-19(15)17/h4-10,13H,1-3H3,(H,22,23). The van der Waals surface area contributed by atoms with Gasteiger partial charge in [-0.25, -0.2) is 0 Å². The van der Waals surface area contributed by atoms with Crippen LogP contribution in [0.5, 0.6) is 0 Å². The van der Waals surface area contributed by atoms with Crippen molar-refractivity contribution in [3.8, 4) is 0 Å². The molecule has 1 aromatic heterocycles. The summed E-state index contributed by atoms with van der Waals surface area (Å²) in [6.07, 6.45) is 1.52. The van der Waals surface area contributed by atoms with Gasteiger partial charge in [-0.3, -0.25) is 9.59 Å². The Kier molecular flexibility index (Phi) is 3.97. The molecule has 1 N–H and O–H groups in total. The van der Waals surface area contributed by atoms with E-state index in [1.807, 2.05) is 19.1 Å². The lowest BCUT2D eigenvalue weighted by molar-refractivity contribution is -0.138. The first-order valence-corrected chi connectivity index (χ1v) is 7.75. The van der Waals surface area contributed by atoms with E-state index in [9.17, 15) is 14.7 Å². The molecule has 1 heterocycles. The summed E-state index contributed by atoms with van der Waals surface area (Å²) >= 11 is 0. The first-order valence-electron chi connectivity index (χ1n) is 7.75. The summed E-state index contributed by atoms with van der Waals surface area (Å²) in [4.78, 5) is 24.4. The van der Waals surface area contributed by atoms with Crippen LogP contribution in [0.1, 0.15) is 45.5 Å². The van der Waals surface area contributed by atoms with Gasteiger partial charge in [-0.2, -0.15) is 0 Å². The molecule has 4 nitrogen and oxygen atoms in total. The molecule has 24 heavy (non-hydrogen) atoms. The van der Waals surface area contributed by atoms with Crippen LogP contribution in [0.25, 0.3) is 11.0 Å². The number of carbonyl (C=O) groups is 2. The van der Waals surface area contributed by atoms with Crippen LogP contribution in [0, 0.1) is 13.8 Å². The second-order valence-corrected chi connectivity index (χ2v) is 6.06. The number of aryl methyl sites for hydroxylation is 1. The molecule has 0 aliphatic rings. The zero-order chi connectivity index (χ0) is 17.4. The summed E-state index contributed by atoms with van der Waals surface area (Å²) in [7, 11) is 0. The van der Waals surface area contributed by atoms with Crippen molar-refractivity contribution >= 4 is 22.7 Å². The van der Waals surface area contributed by atoms with Crippen LogP contribution in [0.15, 0.2) is 47.1 Å². The van der Waals surface area contributed by atoms with E-state index in [1.54, 1.807) is 38.1 Å².